The summed E-state index contributed by atoms with van der Waals surface area (Å²) in [4.78, 5) is 15.3. The molecule has 0 spiro atoms. The van der Waals surface area contributed by atoms with E-state index < -0.39 is 9.84 Å². The van der Waals surface area contributed by atoms with E-state index in [4.69, 9.17) is 0 Å². The number of hydrogen-bond donors (Lipinski definition) is 1. The molecule has 0 aromatic heterocycles. The molecule has 164 valence electrons. The van der Waals surface area contributed by atoms with Gasteiger partial charge in [-0.2, -0.15) is 0 Å². The lowest BCUT2D eigenvalue weighted by atomic mass is 9.48. The summed E-state index contributed by atoms with van der Waals surface area (Å²) in [5, 5.41) is 3.65. The van der Waals surface area contributed by atoms with Gasteiger partial charge in [-0.05, 0) is 87.9 Å². The molecule has 6 rings (SSSR count). The van der Waals surface area contributed by atoms with Crippen molar-refractivity contribution in [1.82, 2.24) is 10.2 Å². The van der Waals surface area contributed by atoms with Crippen LogP contribution in [-0.4, -0.2) is 55.4 Å². The number of amides is 1. The SMILES string of the molecule is C[C@H](NCC(=O)N(C1CCCC1)[C@@H]1CCS(=O)(=O)C1)C12CC3CC(CC(C3)C1)C2. The lowest BCUT2D eigenvalue weighted by molar-refractivity contribution is -0.135. The number of nitrogens with one attached hydrogen (secondary N) is 1. The number of hydrogen-bond acceptors (Lipinski definition) is 4. The van der Waals surface area contributed by atoms with Crippen LogP contribution in [0.25, 0.3) is 0 Å². The number of nitrogens with zero attached hydrogens (tertiary/aromatic N) is 1. The molecule has 0 aromatic rings. The van der Waals surface area contributed by atoms with E-state index in [0.717, 1.165) is 43.4 Å². The maximum atomic E-state index is 13.3. The van der Waals surface area contributed by atoms with Crippen molar-refractivity contribution >= 4 is 15.7 Å². The van der Waals surface area contributed by atoms with Crippen molar-refractivity contribution in [3.8, 4) is 0 Å². The van der Waals surface area contributed by atoms with Crippen LogP contribution in [0.3, 0.4) is 0 Å². The zero-order valence-corrected chi connectivity index (χ0v) is 18.8. The zero-order valence-electron chi connectivity index (χ0n) is 17.9. The third-order valence-corrected chi connectivity index (χ3v) is 10.9. The number of rotatable bonds is 6. The van der Waals surface area contributed by atoms with Gasteiger partial charge < -0.3 is 10.2 Å². The Labute approximate surface area is 176 Å². The van der Waals surface area contributed by atoms with Crippen LogP contribution in [0.15, 0.2) is 0 Å². The predicted molar refractivity (Wildman–Crippen MR) is 114 cm³/mol. The average Bonchev–Trinajstić information content (AvgIpc) is 3.29. The van der Waals surface area contributed by atoms with Crippen LogP contribution < -0.4 is 5.32 Å². The van der Waals surface area contributed by atoms with Gasteiger partial charge in [-0.25, -0.2) is 8.42 Å². The molecule has 6 aliphatic rings. The molecule has 5 nitrogen and oxygen atoms in total. The lowest BCUT2D eigenvalue weighted by Gasteiger charge is -2.59. The van der Waals surface area contributed by atoms with E-state index in [1.165, 1.54) is 38.5 Å². The van der Waals surface area contributed by atoms with E-state index in [9.17, 15) is 13.2 Å². The molecular weight excluding hydrogens is 384 g/mol. The Morgan fingerprint density at radius 3 is 2.10 bits per heavy atom. The smallest absolute Gasteiger partial charge is 0.237 e. The summed E-state index contributed by atoms with van der Waals surface area (Å²) in [6.07, 6.45) is 13.4. The summed E-state index contributed by atoms with van der Waals surface area (Å²) < 4.78 is 24.1. The molecular formula is C23H38N2O3S. The van der Waals surface area contributed by atoms with Crippen molar-refractivity contribution in [2.24, 2.45) is 23.2 Å². The van der Waals surface area contributed by atoms with Gasteiger partial charge in [0.25, 0.3) is 0 Å². The quantitative estimate of drug-likeness (QED) is 0.714. The normalized spacial score (nSPS) is 41.7. The van der Waals surface area contributed by atoms with Crippen molar-refractivity contribution in [2.75, 3.05) is 18.1 Å². The first-order valence-electron chi connectivity index (χ1n) is 12.1. The largest absolute Gasteiger partial charge is 0.335 e. The minimum Gasteiger partial charge on any atom is -0.335 e. The first-order valence-corrected chi connectivity index (χ1v) is 13.9. The van der Waals surface area contributed by atoms with Crippen molar-refractivity contribution in [3.63, 3.8) is 0 Å². The summed E-state index contributed by atoms with van der Waals surface area (Å²) in [6, 6.07) is 0.516. The lowest BCUT2D eigenvalue weighted by Crippen LogP contribution is -2.57. The Balaban J connectivity index is 1.24. The summed E-state index contributed by atoms with van der Waals surface area (Å²) in [5.41, 5.74) is 0.393. The molecule has 5 saturated carbocycles. The van der Waals surface area contributed by atoms with E-state index >= 15 is 0 Å². The van der Waals surface area contributed by atoms with Gasteiger partial charge in [0.15, 0.2) is 9.84 Å². The van der Waals surface area contributed by atoms with Gasteiger partial charge in [-0.1, -0.05) is 12.8 Å². The molecule has 1 amide bonds. The van der Waals surface area contributed by atoms with Crippen LogP contribution in [0.4, 0.5) is 0 Å². The second-order valence-electron chi connectivity index (χ2n) is 11.2. The summed E-state index contributed by atoms with van der Waals surface area (Å²) in [5.74, 6) is 3.29. The molecule has 2 atom stereocenters. The van der Waals surface area contributed by atoms with Gasteiger partial charge in [-0.15, -0.1) is 0 Å². The van der Waals surface area contributed by atoms with Crippen molar-refractivity contribution in [3.05, 3.63) is 0 Å². The summed E-state index contributed by atoms with van der Waals surface area (Å²) >= 11 is 0. The second-order valence-corrected chi connectivity index (χ2v) is 13.4. The molecule has 5 aliphatic carbocycles. The monoisotopic (exact) mass is 422 g/mol. The molecule has 1 N–H and O–H groups in total. The fraction of sp³-hybridized carbons (Fsp3) is 0.957. The van der Waals surface area contributed by atoms with E-state index in [-0.39, 0.29) is 29.5 Å². The van der Waals surface area contributed by atoms with Gasteiger partial charge in [0, 0.05) is 18.1 Å². The molecule has 6 fully saturated rings. The van der Waals surface area contributed by atoms with Gasteiger partial charge in [0.1, 0.15) is 0 Å². The summed E-state index contributed by atoms with van der Waals surface area (Å²) in [7, 11) is -2.98. The molecule has 6 heteroatoms. The van der Waals surface area contributed by atoms with Crippen LogP contribution in [-0.2, 0) is 14.6 Å². The Bertz CT molecular complexity index is 708. The molecule has 0 radical (unpaired) electrons. The van der Waals surface area contributed by atoms with Crippen LogP contribution in [0.5, 0.6) is 0 Å². The third kappa shape index (κ3) is 3.88. The number of sulfone groups is 1. The van der Waals surface area contributed by atoms with E-state index in [2.05, 4.69) is 12.2 Å². The maximum Gasteiger partial charge on any atom is 0.237 e. The molecule has 29 heavy (non-hydrogen) atoms. The maximum absolute atomic E-state index is 13.3. The Morgan fingerprint density at radius 1 is 1.00 bits per heavy atom. The molecule has 0 unspecified atom stereocenters. The summed E-state index contributed by atoms with van der Waals surface area (Å²) in [6.45, 7) is 2.68. The third-order valence-electron chi connectivity index (χ3n) is 9.17. The second kappa shape index (κ2) is 7.51. The van der Waals surface area contributed by atoms with Gasteiger partial charge in [0.2, 0.25) is 5.91 Å². The minimum atomic E-state index is -2.98. The number of carbonyl (C=O) groups is 1. The fourth-order valence-electron chi connectivity index (χ4n) is 8.14. The van der Waals surface area contributed by atoms with Crippen LogP contribution in [0.1, 0.15) is 77.6 Å². The predicted octanol–water partition coefficient (Wildman–Crippen LogP) is 3.14. The van der Waals surface area contributed by atoms with Gasteiger partial charge in [-0.3, -0.25) is 4.79 Å². The van der Waals surface area contributed by atoms with E-state index in [1.807, 2.05) is 4.90 Å². The van der Waals surface area contributed by atoms with Gasteiger partial charge in [0.05, 0.1) is 18.1 Å². The topological polar surface area (TPSA) is 66.5 Å². The van der Waals surface area contributed by atoms with Crippen LogP contribution in [0.2, 0.25) is 0 Å². The fourth-order valence-corrected chi connectivity index (χ4v) is 9.85. The molecule has 1 aliphatic heterocycles. The highest BCUT2D eigenvalue weighted by molar-refractivity contribution is 7.91. The van der Waals surface area contributed by atoms with E-state index in [0.29, 0.717) is 24.4 Å². The molecule has 1 saturated heterocycles. The zero-order chi connectivity index (χ0) is 20.2. The van der Waals surface area contributed by atoms with Crippen molar-refractivity contribution in [1.29, 1.82) is 0 Å². The molecule has 4 bridgehead atoms. The number of carbonyl (C=O) groups excluding carboxylic acids is 1. The van der Waals surface area contributed by atoms with Crippen LogP contribution >= 0.6 is 0 Å². The minimum absolute atomic E-state index is 0.104. The highest BCUT2D eigenvalue weighted by atomic mass is 32.2. The van der Waals surface area contributed by atoms with E-state index in [1.54, 1.807) is 0 Å². The van der Waals surface area contributed by atoms with Gasteiger partial charge >= 0.3 is 0 Å². The van der Waals surface area contributed by atoms with Crippen molar-refractivity contribution in [2.45, 2.75) is 95.7 Å². The molecule has 0 aromatic carbocycles. The van der Waals surface area contributed by atoms with Crippen LogP contribution in [0, 0.1) is 23.2 Å². The highest BCUT2D eigenvalue weighted by Crippen LogP contribution is 2.61. The first-order chi connectivity index (χ1) is 13.8. The molecule has 1 heterocycles. The first kappa shape index (κ1) is 20.3. The Kier molecular flexibility index (Phi) is 5.25. The Morgan fingerprint density at radius 2 is 1.59 bits per heavy atom. The standard InChI is InChI=1S/C23H38N2O3S/c1-16(23-11-17-8-18(12-23)10-19(9-17)13-23)24-14-22(26)25(20-4-2-3-5-20)21-6-7-29(27,28)15-21/h16-21,24H,2-15H2,1H3/t16-,17?,18?,19?,21+,23?/m0/s1. The highest BCUT2D eigenvalue weighted by Gasteiger charge is 2.53. The van der Waals surface area contributed by atoms with Crippen molar-refractivity contribution < 1.29 is 13.2 Å². The average molecular weight is 423 g/mol. The Hall–Kier alpha value is -0.620.